The lowest BCUT2D eigenvalue weighted by atomic mass is 9.77. The van der Waals surface area contributed by atoms with Gasteiger partial charge < -0.3 is 19.7 Å². The molecular weight excluding hydrogens is 479 g/mol. The third-order valence-corrected chi connectivity index (χ3v) is 7.61. The van der Waals surface area contributed by atoms with Crippen LogP contribution in [0.4, 0.5) is 4.39 Å². The fourth-order valence-electron chi connectivity index (χ4n) is 5.57. The molecule has 1 aliphatic rings. The Bertz CT molecular complexity index is 1150. The Morgan fingerprint density at radius 2 is 1.61 bits per heavy atom. The Balaban J connectivity index is 1.60. The number of aliphatic hydroxyl groups is 2. The van der Waals surface area contributed by atoms with Crippen LogP contribution in [-0.2, 0) is 0 Å². The van der Waals surface area contributed by atoms with E-state index in [1.165, 1.54) is 25.7 Å². The lowest BCUT2D eigenvalue weighted by Gasteiger charge is -2.28. The number of benzene rings is 3. The summed E-state index contributed by atoms with van der Waals surface area (Å²) in [4.78, 5) is 0. The molecule has 1 aliphatic carbocycles. The van der Waals surface area contributed by atoms with Crippen molar-refractivity contribution in [2.75, 3.05) is 26.4 Å². The molecule has 3 aromatic rings. The maximum Gasteiger partial charge on any atom is 0.131 e. The van der Waals surface area contributed by atoms with Crippen LogP contribution in [0.5, 0.6) is 11.5 Å². The van der Waals surface area contributed by atoms with E-state index >= 15 is 4.39 Å². The van der Waals surface area contributed by atoms with Crippen molar-refractivity contribution >= 4 is 0 Å². The average molecular weight is 521 g/mol. The Morgan fingerprint density at radius 1 is 0.789 bits per heavy atom. The van der Waals surface area contributed by atoms with Crippen LogP contribution in [0.1, 0.15) is 69.8 Å². The summed E-state index contributed by atoms with van der Waals surface area (Å²) < 4.78 is 27.2. The van der Waals surface area contributed by atoms with E-state index < -0.39 is 0 Å². The molecule has 2 N–H and O–H groups in total. The Hall–Kier alpha value is -2.89. The molecule has 1 saturated carbocycles. The van der Waals surface area contributed by atoms with E-state index in [1.54, 1.807) is 6.07 Å². The van der Waals surface area contributed by atoms with Crippen molar-refractivity contribution in [3.63, 3.8) is 0 Å². The van der Waals surface area contributed by atoms with E-state index in [2.05, 4.69) is 13.0 Å². The minimum absolute atomic E-state index is 0.0611. The van der Waals surface area contributed by atoms with Gasteiger partial charge in [0.2, 0.25) is 0 Å². The normalized spacial score (nSPS) is 17.4. The first kappa shape index (κ1) is 28.1. The quantitative estimate of drug-likeness (QED) is 0.226. The van der Waals surface area contributed by atoms with Crippen LogP contribution in [0.15, 0.2) is 60.7 Å². The number of ether oxygens (including phenoxy) is 2. The summed E-state index contributed by atoms with van der Waals surface area (Å²) in [5.41, 5.74) is 4.22. The van der Waals surface area contributed by atoms with Crippen molar-refractivity contribution in [2.24, 2.45) is 5.92 Å². The summed E-state index contributed by atoms with van der Waals surface area (Å²) in [5.74, 6) is 2.43. The molecule has 0 spiro atoms. The Labute approximate surface area is 226 Å². The highest BCUT2D eigenvalue weighted by Crippen LogP contribution is 2.40. The van der Waals surface area contributed by atoms with Crippen LogP contribution < -0.4 is 9.47 Å². The predicted octanol–water partition coefficient (Wildman–Crippen LogP) is 7.76. The van der Waals surface area contributed by atoms with Gasteiger partial charge in [0.25, 0.3) is 0 Å². The lowest BCUT2D eigenvalue weighted by Crippen LogP contribution is -2.13. The zero-order valence-electron chi connectivity index (χ0n) is 22.5. The monoisotopic (exact) mass is 520 g/mol. The van der Waals surface area contributed by atoms with Crippen LogP contribution in [0, 0.1) is 11.7 Å². The highest BCUT2D eigenvalue weighted by molar-refractivity contribution is 5.78. The highest BCUT2D eigenvalue weighted by atomic mass is 19.1. The van der Waals surface area contributed by atoms with Gasteiger partial charge >= 0.3 is 0 Å². The zero-order chi connectivity index (χ0) is 26.7. The molecule has 0 radical (unpaired) electrons. The molecule has 4 nitrogen and oxygen atoms in total. The molecule has 0 aromatic heterocycles. The lowest BCUT2D eigenvalue weighted by molar-refractivity contribution is 0.201. The van der Waals surface area contributed by atoms with E-state index in [0.717, 1.165) is 47.4 Å². The first-order valence-electron chi connectivity index (χ1n) is 14.1. The van der Waals surface area contributed by atoms with E-state index in [9.17, 15) is 0 Å². The fraction of sp³-hybridized carbons (Fsp3) is 0.455. The molecule has 0 saturated heterocycles. The van der Waals surface area contributed by atoms with Gasteiger partial charge in [-0.2, -0.15) is 0 Å². The number of halogens is 1. The van der Waals surface area contributed by atoms with E-state index in [-0.39, 0.29) is 25.6 Å². The number of hydrogen-bond acceptors (Lipinski definition) is 4. The third-order valence-electron chi connectivity index (χ3n) is 7.61. The third kappa shape index (κ3) is 7.36. The Morgan fingerprint density at radius 3 is 2.34 bits per heavy atom. The molecule has 0 unspecified atom stereocenters. The first-order chi connectivity index (χ1) is 18.6. The number of hydrogen-bond donors (Lipinski definition) is 2. The van der Waals surface area contributed by atoms with Crippen molar-refractivity contribution < 1.29 is 24.1 Å². The van der Waals surface area contributed by atoms with Crippen molar-refractivity contribution in [3.8, 4) is 33.8 Å². The second-order valence-electron chi connectivity index (χ2n) is 10.3. The summed E-state index contributed by atoms with van der Waals surface area (Å²) in [6.07, 6.45) is 8.74. The average Bonchev–Trinajstić information content (AvgIpc) is 2.95. The molecule has 38 heavy (non-hydrogen) atoms. The van der Waals surface area contributed by atoms with Gasteiger partial charge in [0.15, 0.2) is 0 Å². The second kappa shape index (κ2) is 14.3. The van der Waals surface area contributed by atoms with E-state index in [1.807, 2.05) is 48.5 Å². The maximum atomic E-state index is 15.5. The molecule has 3 aromatic carbocycles. The summed E-state index contributed by atoms with van der Waals surface area (Å²) >= 11 is 0. The summed E-state index contributed by atoms with van der Waals surface area (Å²) in [6.45, 7) is 3.02. The van der Waals surface area contributed by atoms with Gasteiger partial charge in [-0.25, -0.2) is 4.39 Å². The minimum atomic E-state index is -0.194. The van der Waals surface area contributed by atoms with E-state index in [0.29, 0.717) is 36.0 Å². The van der Waals surface area contributed by atoms with Crippen molar-refractivity contribution in [1.29, 1.82) is 0 Å². The predicted molar refractivity (Wildman–Crippen MR) is 151 cm³/mol. The highest BCUT2D eigenvalue weighted by Gasteiger charge is 2.23. The van der Waals surface area contributed by atoms with Gasteiger partial charge in [0.05, 0.1) is 13.2 Å². The van der Waals surface area contributed by atoms with Crippen LogP contribution in [0.2, 0.25) is 0 Å². The van der Waals surface area contributed by atoms with Gasteiger partial charge in [0, 0.05) is 17.7 Å². The minimum Gasteiger partial charge on any atom is -0.493 e. The maximum absolute atomic E-state index is 15.5. The molecule has 5 heteroatoms. The number of rotatable bonds is 13. The standard InChI is InChI=1S/C33H41FO4/c1-2-6-24-9-11-25(12-10-24)26-13-15-30(32(34)23-26)28-14-16-33(38-19-4-3-17-35)31(22-28)27-7-5-8-29(21-27)37-20-18-36/h5,7-8,13-16,21-25,35-36H,2-4,6,9-12,17-20H2,1H3. The second-order valence-corrected chi connectivity index (χ2v) is 10.3. The number of unbranched alkanes of at least 4 members (excludes halogenated alkanes) is 1. The molecule has 1 fully saturated rings. The van der Waals surface area contributed by atoms with Gasteiger partial charge in [0.1, 0.15) is 23.9 Å². The van der Waals surface area contributed by atoms with E-state index in [4.69, 9.17) is 19.7 Å². The fourth-order valence-corrected chi connectivity index (χ4v) is 5.57. The van der Waals surface area contributed by atoms with Crippen molar-refractivity contribution in [3.05, 3.63) is 72.0 Å². The Kier molecular flexibility index (Phi) is 10.6. The molecule has 0 atom stereocenters. The SMILES string of the molecule is CCCC1CCC(c2ccc(-c3ccc(OCCCCO)c(-c4cccc(OCCO)c4)c3)c(F)c2)CC1. The van der Waals surface area contributed by atoms with Crippen molar-refractivity contribution in [2.45, 2.75) is 64.2 Å². The molecule has 0 heterocycles. The molecule has 0 aliphatic heterocycles. The topological polar surface area (TPSA) is 58.9 Å². The van der Waals surface area contributed by atoms with Gasteiger partial charge in [-0.3, -0.25) is 0 Å². The molecule has 0 bridgehead atoms. The first-order valence-corrected chi connectivity index (χ1v) is 14.1. The van der Waals surface area contributed by atoms with Gasteiger partial charge in [-0.15, -0.1) is 0 Å². The molecule has 0 amide bonds. The van der Waals surface area contributed by atoms with Crippen LogP contribution >= 0.6 is 0 Å². The van der Waals surface area contributed by atoms with Crippen molar-refractivity contribution in [1.82, 2.24) is 0 Å². The van der Waals surface area contributed by atoms with Crippen LogP contribution in [0.25, 0.3) is 22.3 Å². The van der Waals surface area contributed by atoms with Crippen LogP contribution in [0.3, 0.4) is 0 Å². The van der Waals surface area contributed by atoms with Crippen LogP contribution in [-0.4, -0.2) is 36.6 Å². The summed E-state index contributed by atoms with van der Waals surface area (Å²) in [7, 11) is 0. The zero-order valence-corrected chi connectivity index (χ0v) is 22.5. The smallest absolute Gasteiger partial charge is 0.131 e. The molecule has 4 rings (SSSR count). The summed E-state index contributed by atoms with van der Waals surface area (Å²) in [6, 6.07) is 19.2. The summed E-state index contributed by atoms with van der Waals surface area (Å²) in [5, 5.41) is 18.2. The largest absolute Gasteiger partial charge is 0.493 e. The van der Waals surface area contributed by atoms with Gasteiger partial charge in [-0.1, -0.05) is 50.1 Å². The number of aliphatic hydroxyl groups excluding tert-OH is 2. The molecule has 204 valence electrons. The van der Waals surface area contributed by atoms with Gasteiger partial charge in [-0.05, 0) is 97.4 Å². The molecular formula is C33H41FO4.